The zero-order chi connectivity index (χ0) is 21.8. The largest absolute Gasteiger partial charge is 0.460 e. The van der Waals surface area contributed by atoms with Crippen LogP contribution in [0, 0.1) is 11.3 Å². The van der Waals surface area contributed by atoms with Crippen molar-refractivity contribution in [1.29, 1.82) is 5.26 Å². The topological polar surface area (TPSA) is 70.4 Å². The first-order chi connectivity index (χ1) is 14.3. The second kappa shape index (κ2) is 9.15. The third-order valence-electron chi connectivity index (χ3n) is 5.03. The minimum atomic E-state index is -0.434. The van der Waals surface area contributed by atoms with E-state index in [2.05, 4.69) is 6.07 Å². The number of hydrogen-bond acceptors (Lipinski definition) is 4. The predicted octanol–water partition coefficient (Wildman–Crippen LogP) is 4.95. The fourth-order valence-corrected chi connectivity index (χ4v) is 3.87. The lowest BCUT2D eigenvalue weighted by Gasteiger charge is -2.35. The molecule has 3 rings (SSSR count). The smallest absolute Gasteiger partial charge is 0.336 e. The summed E-state index contributed by atoms with van der Waals surface area (Å²) in [7, 11) is 0. The Bertz CT molecular complexity index is 1050. The van der Waals surface area contributed by atoms with Crippen LogP contribution in [-0.2, 0) is 20.9 Å². The van der Waals surface area contributed by atoms with Gasteiger partial charge >= 0.3 is 5.97 Å². The molecule has 0 aromatic heterocycles. The van der Waals surface area contributed by atoms with Crippen molar-refractivity contribution in [2.75, 3.05) is 0 Å². The molecule has 1 unspecified atom stereocenters. The number of carbonyl (C=O) groups is 2. The SMILES string of the molecule is CC1=C(C(=O)OC(C)C)C(c2cccc(Cl)c2)CC(=O)N1Cc1cccc(C#N)c1. The van der Waals surface area contributed by atoms with Gasteiger partial charge in [0.25, 0.3) is 0 Å². The van der Waals surface area contributed by atoms with E-state index in [1.165, 1.54) is 0 Å². The molecule has 0 saturated carbocycles. The van der Waals surface area contributed by atoms with E-state index in [0.717, 1.165) is 11.1 Å². The lowest BCUT2D eigenvalue weighted by Crippen LogP contribution is -2.38. The van der Waals surface area contributed by atoms with Crippen LogP contribution in [-0.4, -0.2) is 22.9 Å². The Morgan fingerprint density at radius 3 is 2.67 bits per heavy atom. The van der Waals surface area contributed by atoms with Gasteiger partial charge in [-0.15, -0.1) is 0 Å². The van der Waals surface area contributed by atoms with Gasteiger partial charge in [0.05, 0.1) is 29.9 Å². The molecule has 2 aromatic rings. The van der Waals surface area contributed by atoms with Gasteiger partial charge in [0, 0.05) is 23.1 Å². The number of hydrogen-bond donors (Lipinski definition) is 0. The number of carbonyl (C=O) groups excluding carboxylic acids is 2. The summed E-state index contributed by atoms with van der Waals surface area (Å²) >= 11 is 6.16. The summed E-state index contributed by atoms with van der Waals surface area (Å²) in [5.41, 5.74) is 3.16. The van der Waals surface area contributed by atoms with E-state index in [1.807, 2.05) is 18.2 Å². The Morgan fingerprint density at radius 1 is 1.27 bits per heavy atom. The minimum absolute atomic E-state index is 0.0964. The molecule has 0 radical (unpaired) electrons. The van der Waals surface area contributed by atoms with Crippen LogP contribution in [0.25, 0.3) is 0 Å². The van der Waals surface area contributed by atoms with Gasteiger partial charge < -0.3 is 9.64 Å². The summed E-state index contributed by atoms with van der Waals surface area (Å²) in [5.74, 6) is -0.958. The highest BCUT2D eigenvalue weighted by Gasteiger charge is 2.37. The van der Waals surface area contributed by atoms with Gasteiger partial charge in [-0.3, -0.25) is 4.79 Å². The fourth-order valence-electron chi connectivity index (χ4n) is 3.68. The first-order valence-electron chi connectivity index (χ1n) is 9.76. The number of nitriles is 1. The Hall–Kier alpha value is -3.10. The number of amides is 1. The molecule has 0 N–H and O–H groups in total. The number of ether oxygens (including phenoxy) is 1. The molecule has 0 spiro atoms. The molecule has 0 fully saturated rings. The van der Waals surface area contributed by atoms with E-state index < -0.39 is 11.9 Å². The van der Waals surface area contributed by atoms with Crippen molar-refractivity contribution in [1.82, 2.24) is 4.90 Å². The highest BCUT2D eigenvalue weighted by molar-refractivity contribution is 6.30. The van der Waals surface area contributed by atoms with Gasteiger partial charge in [0.15, 0.2) is 0 Å². The molecule has 1 aliphatic heterocycles. The Kier molecular flexibility index (Phi) is 6.59. The molecule has 0 aliphatic carbocycles. The number of rotatable bonds is 5. The molecule has 6 heteroatoms. The summed E-state index contributed by atoms with van der Waals surface area (Å²) < 4.78 is 5.50. The van der Waals surface area contributed by atoms with Gasteiger partial charge in [-0.25, -0.2) is 4.79 Å². The number of benzene rings is 2. The molecule has 2 aromatic carbocycles. The fraction of sp³-hybridized carbons (Fsp3) is 0.292. The van der Waals surface area contributed by atoms with E-state index in [0.29, 0.717) is 21.9 Å². The van der Waals surface area contributed by atoms with Crippen LogP contribution < -0.4 is 0 Å². The summed E-state index contributed by atoms with van der Waals surface area (Å²) in [6, 6.07) is 16.4. The van der Waals surface area contributed by atoms with Crippen molar-refractivity contribution >= 4 is 23.5 Å². The average Bonchev–Trinajstić information content (AvgIpc) is 2.70. The van der Waals surface area contributed by atoms with Gasteiger partial charge in [-0.1, -0.05) is 35.9 Å². The molecule has 30 heavy (non-hydrogen) atoms. The van der Waals surface area contributed by atoms with Crippen LogP contribution in [0.1, 0.15) is 49.8 Å². The monoisotopic (exact) mass is 422 g/mol. The van der Waals surface area contributed by atoms with Crippen LogP contribution >= 0.6 is 11.6 Å². The Labute approximate surface area is 181 Å². The molecule has 1 amide bonds. The lowest BCUT2D eigenvalue weighted by molar-refractivity contribution is -0.143. The van der Waals surface area contributed by atoms with Crippen molar-refractivity contribution in [2.45, 2.75) is 45.8 Å². The third-order valence-corrected chi connectivity index (χ3v) is 5.27. The molecule has 1 atom stereocenters. The van der Waals surface area contributed by atoms with E-state index in [4.69, 9.17) is 21.6 Å². The summed E-state index contributed by atoms with van der Waals surface area (Å²) in [5, 5.41) is 9.69. The predicted molar refractivity (Wildman–Crippen MR) is 114 cm³/mol. The summed E-state index contributed by atoms with van der Waals surface area (Å²) in [4.78, 5) is 27.7. The van der Waals surface area contributed by atoms with Gasteiger partial charge in [0.2, 0.25) is 5.91 Å². The molecule has 1 aliphatic rings. The number of nitrogens with zero attached hydrogens (tertiary/aromatic N) is 2. The van der Waals surface area contributed by atoms with E-state index in [-0.39, 0.29) is 25.0 Å². The van der Waals surface area contributed by atoms with Crippen LogP contribution in [0.15, 0.2) is 59.8 Å². The van der Waals surface area contributed by atoms with Gasteiger partial charge in [0.1, 0.15) is 0 Å². The molecule has 5 nitrogen and oxygen atoms in total. The van der Waals surface area contributed by atoms with Crippen molar-refractivity contribution in [3.63, 3.8) is 0 Å². The van der Waals surface area contributed by atoms with Crippen molar-refractivity contribution in [3.8, 4) is 6.07 Å². The van der Waals surface area contributed by atoms with Crippen molar-refractivity contribution in [2.24, 2.45) is 0 Å². The van der Waals surface area contributed by atoms with Crippen molar-refractivity contribution < 1.29 is 14.3 Å². The van der Waals surface area contributed by atoms with E-state index in [1.54, 1.807) is 56.0 Å². The zero-order valence-corrected chi connectivity index (χ0v) is 17.9. The number of allylic oxidation sites excluding steroid dienone is 1. The number of esters is 1. The molecular formula is C24H23ClN2O3. The first-order valence-corrected chi connectivity index (χ1v) is 10.1. The maximum absolute atomic E-state index is 13.1. The molecule has 0 bridgehead atoms. The molecule has 154 valence electrons. The lowest BCUT2D eigenvalue weighted by atomic mass is 9.83. The molecule has 1 heterocycles. The third kappa shape index (κ3) is 4.72. The van der Waals surface area contributed by atoms with Gasteiger partial charge in [-0.2, -0.15) is 5.26 Å². The molecule has 0 saturated heterocycles. The van der Waals surface area contributed by atoms with Gasteiger partial charge in [-0.05, 0) is 56.2 Å². The number of halogens is 1. The Balaban J connectivity index is 2.04. The highest BCUT2D eigenvalue weighted by Crippen LogP contribution is 2.38. The molecular weight excluding hydrogens is 400 g/mol. The van der Waals surface area contributed by atoms with E-state index >= 15 is 0 Å². The normalized spacial score (nSPS) is 16.6. The maximum Gasteiger partial charge on any atom is 0.336 e. The van der Waals surface area contributed by atoms with Crippen LogP contribution in [0.3, 0.4) is 0 Å². The van der Waals surface area contributed by atoms with Crippen molar-refractivity contribution in [3.05, 3.63) is 81.5 Å². The first kappa shape index (κ1) is 21.6. The quantitative estimate of drug-likeness (QED) is 0.639. The zero-order valence-electron chi connectivity index (χ0n) is 17.2. The average molecular weight is 423 g/mol. The van der Waals surface area contributed by atoms with Crippen LogP contribution in [0.4, 0.5) is 0 Å². The highest BCUT2D eigenvalue weighted by atomic mass is 35.5. The maximum atomic E-state index is 13.1. The van der Waals surface area contributed by atoms with Crippen LogP contribution in [0.2, 0.25) is 5.02 Å². The Morgan fingerprint density at radius 2 is 2.00 bits per heavy atom. The van der Waals surface area contributed by atoms with E-state index in [9.17, 15) is 9.59 Å². The second-order valence-electron chi connectivity index (χ2n) is 7.56. The summed E-state index contributed by atoms with van der Waals surface area (Å²) in [6.45, 7) is 5.63. The minimum Gasteiger partial charge on any atom is -0.460 e. The standard InChI is InChI=1S/C24H23ClN2O3/c1-15(2)30-24(29)23-16(3)27(14-18-7-4-6-17(10-18)13-26)22(28)12-21(23)19-8-5-9-20(25)11-19/h4-11,15,21H,12,14H2,1-3H3. The van der Waals surface area contributed by atoms with Crippen LogP contribution in [0.5, 0.6) is 0 Å². The second-order valence-corrected chi connectivity index (χ2v) is 7.99. The summed E-state index contributed by atoms with van der Waals surface area (Å²) in [6.07, 6.45) is -0.144.